The lowest BCUT2D eigenvalue weighted by Crippen LogP contribution is -2.58. The summed E-state index contributed by atoms with van der Waals surface area (Å²) in [6, 6.07) is 4.14. The molecule has 35 heavy (non-hydrogen) atoms. The van der Waals surface area contributed by atoms with E-state index in [1.807, 2.05) is 7.05 Å². The van der Waals surface area contributed by atoms with Crippen LogP contribution in [0.25, 0.3) is 21.3 Å². The average molecular weight is 537 g/mol. The molecule has 3 aromatic rings. The first-order valence-corrected chi connectivity index (χ1v) is 12.8. The molecule has 0 radical (unpaired) electrons. The highest BCUT2D eigenvalue weighted by atomic mass is 35.5. The maximum Gasteiger partial charge on any atom is 0.207 e. The van der Waals surface area contributed by atoms with Crippen molar-refractivity contribution in [2.75, 3.05) is 25.9 Å². The standard InChI is InChI=1S/C24H23Cl2FN4O3S/c1-31-7-2-6-24(31)10-16(33)13-9-14(25)18(19(26)21(13)34-8-5-17(24)29-11-32)12-3-4-15(27)22-20(12)30-23(28)35-22/h3-4,9,11,17H,2,5-8,10H2,1H3,(H2,28,30)(H,29,32). The molecular formula is C24H23Cl2FN4O3S. The Bertz CT molecular complexity index is 1350. The Morgan fingerprint density at radius 2 is 2.17 bits per heavy atom. The summed E-state index contributed by atoms with van der Waals surface area (Å²) in [7, 11) is 1.97. The quantitative estimate of drug-likeness (QED) is 0.460. The van der Waals surface area contributed by atoms with Crippen LogP contribution in [0.2, 0.25) is 10.0 Å². The first-order valence-electron chi connectivity index (χ1n) is 11.2. The number of amides is 1. The summed E-state index contributed by atoms with van der Waals surface area (Å²) in [6.45, 7) is 1.06. The lowest BCUT2D eigenvalue weighted by atomic mass is 9.80. The van der Waals surface area contributed by atoms with Crippen LogP contribution < -0.4 is 15.8 Å². The number of aromatic nitrogens is 1. The number of likely N-dealkylation sites (N-methyl/N-ethyl adjacent to an activating group) is 1. The van der Waals surface area contributed by atoms with Gasteiger partial charge in [0.15, 0.2) is 10.9 Å². The topological polar surface area (TPSA) is 97.6 Å². The van der Waals surface area contributed by atoms with Crippen molar-refractivity contribution in [3.63, 3.8) is 0 Å². The van der Waals surface area contributed by atoms with E-state index in [1.165, 1.54) is 6.07 Å². The van der Waals surface area contributed by atoms with Gasteiger partial charge in [-0.05, 0) is 44.6 Å². The number of rotatable bonds is 3. The summed E-state index contributed by atoms with van der Waals surface area (Å²) in [4.78, 5) is 31.5. The summed E-state index contributed by atoms with van der Waals surface area (Å²) < 4.78 is 20.8. The van der Waals surface area contributed by atoms with Crippen LogP contribution in [0.4, 0.5) is 9.52 Å². The van der Waals surface area contributed by atoms with Gasteiger partial charge in [0.1, 0.15) is 11.6 Å². The molecule has 1 saturated heterocycles. The lowest BCUT2D eigenvalue weighted by Gasteiger charge is -2.42. The van der Waals surface area contributed by atoms with Crippen molar-refractivity contribution in [1.82, 2.24) is 15.2 Å². The second-order valence-electron chi connectivity index (χ2n) is 8.95. The number of ether oxygens (including phenoxy) is 1. The van der Waals surface area contributed by atoms with Crippen LogP contribution in [0, 0.1) is 5.82 Å². The molecule has 1 fully saturated rings. The predicted molar refractivity (Wildman–Crippen MR) is 136 cm³/mol. The summed E-state index contributed by atoms with van der Waals surface area (Å²) in [5.74, 6) is -0.399. The highest BCUT2D eigenvalue weighted by Gasteiger charge is 2.47. The summed E-state index contributed by atoms with van der Waals surface area (Å²) in [6.07, 6.45) is 3.05. The van der Waals surface area contributed by atoms with Crippen LogP contribution >= 0.6 is 34.5 Å². The number of likely N-dealkylation sites (tertiary alicyclic amines) is 1. The van der Waals surface area contributed by atoms with E-state index < -0.39 is 11.4 Å². The zero-order valence-corrected chi connectivity index (χ0v) is 21.2. The molecule has 11 heteroatoms. The van der Waals surface area contributed by atoms with Gasteiger partial charge in [0, 0.05) is 29.5 Å². The molecule has 0 aliphatic carbocycles. The number of benzene rings is 2. The van der Waals surface area contributed by atoms with E-state index in [2.05, 4.69) is 15.2 Å². The minimum atomic E-state index is -0.526. The molecule has 2 aromatic carbocycles. The number of nitrogens with one attached hydrogen (secondary N) is 1. The summed E-state index contributed by atoms with van der Waals surface area (Å²) >= 11 is 14.6. The number of anilines is 1. The molecule has 2 unspecified atom stereocenters. The smallest absolute Gasteiger partial charge is 0.207 e. The number of hydrogen-bond donors (Lipinski definition) is 2. The maximum atomic E-state index is 14.4. The van der Waals surface area contributed by atoms with Gasteiger partial charge in [-0.1, -0.05) is 34.5 Å². The molecule has 2 aliphatic rings. The SMILES string of the molecule is CN1CCCC12CC(=O)c1cc(Cl)c(-c3ccc(F)c4sc(N)nc34)c(Cl)c1OCCC2NC=O. The molecule has 2 aliphatic heterocycles. The van der Waals surface area contributed by atoms with E-state index >= 15 is 0 Å². The molecular weight excluding hydrogens is 514 g/mol. The van der Waals surface area contributed by atoms with Gasteiger partial charge in [-0.15, -0.1) is 0 Å². The minimum Gasteiger partial charge on any atom is -0.491 e. The van der Waals surface area contributed by atoms with E-state index in [4.69, 9.17) is 33.7 Å². The second kappa shape index (κ2) is 9.20. The minimum absolute atomic E-state index is 0.149. The van der Waals surface area contributed by atoms with Crippen LogP contribution in [0.15, 0.2) is 18.2 Å². The van der Waals surface area contributed by atoms with Crippen LogP contribution in [-0.4, -0.2) is 53.9 Å². The van der Waals surface area contributed by atoms with E-state index in [1.54, 1.807) is 12.1 Å². The van der Waals surface area contributed by atoms with E-state index in [-0.39, 0.29) is 51.3 Å². The molecule has 2 atom stereocenters. The van der Waals surface area contributed by atoms with Crippen molar-refractivity contribution >= 4 is 62.1 Å². The van der Waals surface area contributed by atoms with Gasteiger partial charge in [-0.25, -0.2) is 9.37 Å². The number of thiazole rings is 1. The van der Waals surface area contributed by atoms with Crippen LogP contribution in [0.5, 0.6) is 5.75 Å². The third kappa shape index (κ3) is 3.94. The van der Waals surface area contributed by atoms with Crippen LogP contribution in [0.3, 0.4) is 0 Å². The first-order chi connectivity index (χ1) is 16.8. The lowest BCUT2D eigenvalue weighted by molar-refractivity contribution is -0.111. The number of carbonyl (C=O) groups is 2. The third-order valence-electron chi connectivity index (χ3n) is 7.16. The Morgan fingerprint density at radius 1 is 1.37 bits per heavy atom. The fourth-order valence-corrected chi connectivity index (χ4v) is 6.93. The van der Waals surface area contributed by atoms with Crippen molar-refractivity contribution in [1.29, 1.82) is 0 Å². The number of hydrogen-bond acceptors (Lipinski definition) is 7. The molecule has 7 nitrogen and oxygen atoms in total. The summed E-state index contributed by atoms with van der Waals surface area (Å²) in [5, 5.41) is 3.50. The highest BCUT2D eigenvalue weighted by molar-refractivity contribution is 7.22. The van der Waals surface area contributed by atoms with Gasteiger partial charge in [-0.3, -0.25) is 14.5 Å². The average Bonchev–Trinajstić information content (AvgIpc) is 3.39. The van der Waals surface area contributed by atoms with Gasteiger partial charge in [0.05, 0.1) is 38.5 Å². The Morgan fingerprint density at radius 3 is 2.89 bits per heavy atom. The third-order valence-corrected chi connectivity index (χ3v) is 8.71. The molecule has 1 amide bonds. The van der Waals surface area contributed by atoms with Gasteiger partial charge < -0.3 is 15.8 Å². The monoisotopic (exact) mass is 536 g/mol. The maximum absolute atomic E-state index is 14.4. The number of halogens is 3. The Kier molecular flexibility index (Phi) is 6.37. The predicted octanol–water partition coefficient (Wildman–Crippen LogP) is 4.93. The normalized spacial score (nSPS) is 23.0. The van der Waals surface area contributed by atoms with Gasteiger partial charge >= 0.3 is 0 Å². The molecule has 5 rings (SSSR count). The first kappa shape index (κ1) is 24.2. The number of nitrogens with zero attached hydrogens (tertiary/aromatic N) is 2. The number of fused-ring (bicyclic) bond motifs is 2. The Labute approximate surface area is 215 Å². The zero-order valence-electron chi connectivity index (χ0n) is 18.9. The Hall–Kier alpha value is -2.46. The summed E-state index contributed by atoms with van der Waals surface area (Å²) in [5.41, 5.74) is 6.83. The van der Waals surface area contributed by atoms with Crippen molar-refractivity contribution < 1.29 is 18.7 Å². The Balaban J connectivity index is 1.65. The fraction of sp³-hybridized carbons (Fsp3) is 0.375. The van der Waals surface area contributed by atoms with Gasteiger partial charge in [-0.2, -0.15) is 0 Å². The van der Waals surface area contributed by atoms with Gasteiger partial charge in [0.2, 0.25) is 6.41 Å². The van der Waals surface area contributed by atoms with Crippen molar-refractivity contribution in [2.45, 2.75) is 37.3 Å². The van der Waals surface area contributed by atoms with Gasteiger partial charge in [0.25, 0.3) is 0 Å². The molecule has 1 spiro atoms. The molecule has 3 heterocycles. The molecule has 184 valence electrons. The van der Waals surface area contributed by atoms with Crippen LogP contribution in [-0.2, 0) is 4.79 Å². The number of nitrogen functional groups attached to an aromatic ring is 1. The van der Waals surface area contributed by atoms with Crippen LogP contribution in [0.1, 0.15) is 36.0 Å². The number of Topliss-reactive ketones (excluding diaryl/α,β-unsaturated/α-hetero) is 1. The van der Waals surface area contributed by atoms with E-state index in [0.29, 0.717) is 34.2 Å². The number of carbonyl (C=O) groups excluding carboxylic acids is 2. The molecule has 3 N–H and O–H groups in total. The van der Waals surface area contributed by atoms with Crippen molar-refractivity contribution in [3.05, 3.63) is 39.6 Å². The fourth-order valence-electron chi connectivity index (χ4n) is 5.45. The number of nitrogens with two attached hydrogens (primary N) is 1. The van der Waals surface area contributed by atoms with Crippen molar-refractivity contribution in [3.8, 4) is 16.9 Å². The molecule has 0 bridgehead atoms. The highest BCUT2D eigenvalue weighted by Crippen LogP contribution is 2.48. The van der Waals surface area contributed by atoms with Crippen molar-refractivity contribution in [2.24, 2.45) is 0 Å². The molecule has 0 saturated carbocycles. The second-order valence-corrected chi connectivity index (χ2v) is 10.8. The molecule has 1 aromatic heterocycles. The largest absolute Gasteiger partial charge is 0.491 e. The van der Waals surface area contributed by atoms with E-state index in [0.717, 1.165) is 30.7 Å². The number of ketones is 1. The zero-order chi connectivity index (χ0) is 24.9. The van der Waals surface area contributed by atoms with E-state index in [9.17, 15) is 14.0 Å².